The summed E-state index contributed by atoms with van der Waals surface area (Å²) >= 11 is 0. The van der Waals surface area contributed by atoms with Crippen LogP contribution in [0.15, 0.2) is 0 Å². The molecular weight excluding hydrogens is 500 g/mol. The molecule has 0 amide bonds. The average Bonchev–Trinajstić information content (AvgIpc) is 2.95. The summed E-state index contributed by atoms with van der Waals surface area (Å²) in [5, 5.41) is 6.64. The van der Waals surface area contributed by atoms with Gasteiger partial charge in [0.25, 0.3) is 0 Å². The molecule has 0 saturated carbocycles. The van der Waals surface area contributed by atoms with E-state index < -0.39 is 0 Å². The first-order valence-corrected chi connectivity index (χ1v) is 17.4. The Kier molecular flexibility index (Phi) is 33.1. The number of esters is 2. The van der Waals surface area contributed by atoms with Gasteiger partial charge in [0.2, 0.25) is 0 Å². The van der Waals surface area contributed by atoms with Crippen molar-refractivity contribution >= 4 is 11.9 Å². The molecule has 0 rings (SSSR count). The highest BCUT2D eigenvalue weighted by molar-refractivity contribution is 5.69. The second kappa shape index (κ2) is 34.1. The normalized spacial score (nSPS) is 11.2. The first kappa shape index (κ1) is 38.9. The molecule has 0 bridgehead atoms. The average molecular weight is 569 g/mol. The molecule has 0 radical (unpaired) electrons. The van der Waals surface area contributed by atoms with Gasteiger partial charge in [0.15, 0.2) is 0 Å². The van der Waals surface area contributed by atoms with Crippen molar-refractivity contribution in [3.05, 3.63) is 0 Å². The van der Waals surface area contributed by atoms with Crippen LogP contribution >= 0.6 is 0 Å². The fraction of sp³-hybridized carbons (Fsp3) is 0.941. The third-order valence-electron chi connectivity index (χ3n) is 7.49. The number of carbonyl (C=O) groups excluding carboxylic acids is 2. The standard InChI is InChI=1S/C34H68N2O4/c1-3-5-7-9-11-13-15-17-19-23-31-39-33(37)25-29-35-27-21-22-28-36-30-26-34(38)40-32-24-20-18-16-14-12-10-8-6-4-2/h35-36H,3-32H2,1-2H3. The lowest BCUT2D eigenvalue weighted by molar-refractivity contribution is -0.144. The van der Waals surface area contributed by atoms with Crippen molar-refractivity contribution in [2.75, 3.05) is 39.4 Å². The number of ether oxygens (including phenoxy) is 2. The highest BCUT2D eigenvalue weighted by Gasteiger charge is 2.03. The van der Waals surface area contributed by atoms with Gasteiger partial charge in [-0.15, -0.1) is 0 Å². The van der Waals surface area contributed by atoms with E-state index in [2.05, 4.69) is 24.5 Å². The zero-order valence-electron chi connectivity index (χ0n) is 26.8. The maximum Gasteiger partial charge on any atom is 0.307 e. The van der Waals surface area contributed by atoms with Crippen molar-refractivity contribution in [1.29, 1.82) is 0 Å². The van der Waals surface area contributed by atoms with Crippen molar-refractivity contribution in [2.24, 2.45) is 0 Å². The van der Waals surface area contributed by atoms with Gasteiger partial charge in [0.1, 0.15) is 0 Å². The minimum Gasteiger partial charge on any atom is -0.466 e. The molecule has 0 aliphatic rings. The fourth-order valence-corrected chi connectivity index (χ4v) is 4.83. The number of carbonyl (C=O) groups is 2. The molecule has 0 aromatic carbocycles. The van der Waals surface area contributed by atoms with Gasteiger partial charge in [0, 0.05) is 13.1 Å². The summed E-state index contributed by atoms with van der Waals surface area (Å²) in [5.41, 5.74) is 0. The van der Waals surface area contributed by atoms with E-state index in [9.17, 15) is 9.59 Å². The van der Waals surface area contributed by atoms with Crippen LogP contribution in [0.4, 0.5) is 0 Å². The molecule has 6 heteroatoms. The van der Waals surface area contributed by atoms with Crippen molar-refractivity contribution in [3.8, 4) is 0 Å². The zero-order valence-corrected chi connectivity index (χ0v) is 26.8. The molecule has 0 atom stereocenters. The van der Waals surface area contributed by atoms with Crippen LogP contribution < -0.4 is 10.6 Å². The van der Waals surface area contributed by atoms with E-state index >= 15 is 0 Å². The largest absolute Gasteiger partial charge is 0.466 e. The van der Waals surface area contributed by atoms with Gasteiger partial charge in [-0.2, -0.15) is 0 Å². The van der Waals surface area contributed by atoms with Gasteiger partial charge in [-0.1, -0.05) is 129 Å². The van der Waals surface area contributed by atoms with Crippen LogP contribution in [0, 0.1) is 0 Å². The number of nitrogens with one attached hydrogen (secondary N) is 2. The predicted molar refractivity (Wildman–Crippen MR) is 170 cm³/mol. The maximum atomic E-state index is 11.8. The molecule has 0 aliphatic heterocycles. The SMILES string of the molecule is CCCCCCCCCCCCOC(=O)CCNCCCCNCCC(=O)OCCCCCCCCCCCC. The molecule has 0 aromatic heterocycles. The van der Waals surface area contributed by atoms with E-state index in [0.717, 1.165) is 51.6 Å². The van der Waals surface area contributed by atoms with Gasteiger partial charge in [-0.25, -0.2) is 0 Å². The molecule has 40 heavy (non-hydrogen) atoms. The van der Waals surface area contributed by atoms with Crippen LogP contribution in [0.2, 0.25) is 0 Å². The Morgan fingerprint density at radius 3 is 1.02 bits per heavy atom. The first-order valence-electron chi connectivity index (χ1n) is 17.4. The van der Waals surface area contributed by atoms with E-state index in [0.29, 0.717) is 39.1 Å². The smallest absolute Gasteiger partial charge is 0.307 e. The van der Waals surface area contributed by atoms with Crippen molar-refractivity contribution in [2.45, 2.75) is 168 Å². The summed E-state index contributed by atoms with van der Waals surface area (Å²) in [6.45, 7) is 8.79. The van der Waals surface area contributed by atoms with E-state index in [-0.39, 0.29) is 11.9 Å². The van der Waals surface area contributed by atoms with E-state index in [4.69, 9.17) is 9.47 Å². The Bertz CT molecular complexity index is 484. The monoisotopic (exact) mass is 569 g/mol. The fourth-order valence-electron chi connectivity index (χ4n) is 4.83. The van der Waals surface area contributed by atoms with Crippen LogP contribution in [-0.4, -0.2) is 51.3 Å². The van der Waals surface area contributed by atoms with Gasteiger partial charge < -0.3 is 20.1 Å². The molecule has 6 nitrogen and oxygen atoms in total. The van der Waals surface area contributed by atoms with Crippen LogP contribution in [0.25, 0.3) is 0 Å². The third kappa shape index (κ3) is 33.1. The number of hydrogen-bond donors (Lipinski definition) is 2. The van der Waals surface area contributed by atoms with E-state index in [1.54, 1.807) is 0 Å². The third-order valence-corrected chi connectivity index (χ3v) is 7.49. The second-order valence-corrected chi connectivity index (χ2v) is 11.5. The minimum atomic E-state index is -0.0925. The van der Waals surface area contributed by atoms with Crippen LogP contribution in [-0.2, 0) is 19.1 Å². The van der Waals surface area contributed by atoms with Crippen LogP contribution in [0.3, 0.4) is 0 Å². The Hall–Kier alpha value is -1.14. The molecule has 2 N–H and O–H groups in total. The lowest BCUT2D eigenvalue weighted by Gasteiger charge is -2.08. The first-order chi connectivity index (χ1) is 19.7. The Morgan fingerprint density at radius 2 is 0.700 bits per heavy atom. The van der Waals surface area contributed by atoms with Crippen LogP contribution in [0.1, 0.15) is 168 Å². The maximum absolute atomic E-state index is 11.8. The van der Waals surface area contributed by atoms with Crippen molar-refractivity contribution < 1.29 is 19.1 Å². The molecule has 0 spiro atoms. The summed E-state index contributed by atoms with van der Waals surface area (Å²) < 4.78 is 10.7. The van der Waals surface area contributed by atoms with Crippen molar-refractivity contribution in [3.63, 3.8) is 0 Å². The molecule has 0 unspecified atom stereocenters. The summed E-state index contributed by atoms with van der Waals surface area (Å²) in [5.74, 6) is -0.185. The molecule has 0 aromatic rings. The number of unbranched alkanes of at least 4 members (excludes halogenated alkanes) is 19. The van der Waals surface area contributed by atoms with E-state index in [1.165, 1.54) is 103 Å². The summed E-state index contributed by atoms with van der Waals surface area (Å²) in [6.07, 6.45) is 28.7. The summed E-state index contributed by atoms with van der Waals surface area (Å²) in [7, 11) is 0. The second-order valence-electron chi connectivity index (χ2n) is 11.5. The quantitative estimate of drug-likeness (QED) is 0.0609. The highest BCUT2D eigenvalue weighted by Crippen LogP contribution is 2.11. The van der Waals surface area contributed by atoms with Gasteiger partial charge in [0.05, 0.1) is 26.1 Å². The van der Waals surface area contributed by atoms with Gasteiger partial charge in [-0.05, 0) is 38.8 Å². The lowest BCUT2D eigenvalue weighted by atomic mass is 10.1. The molecule has 0 aliphatic carbocycles. The molecule has 0 saturated heterocycles. The van der Waals surface area contributed by atoms with Gasteiger partial charge >= 0.3 is 11.9 Å². The lowest BCUT2D eigenvalue weighted by Crippen LogP contribution is -2.23. The topological polar surface area (TPSA) is 76.7 Å². The Morgan fingerprint density at radius 1 is 0.400 bits per heavy atom. The predicted octanol–water partition coefficient (Wildman–Crippen LogP) is 8.65. The molecule has 238 valence electrons. The molecule has 0 heterocycles. The van der Waals surface area contributed by atoms with Crippen molar-refractivity contribution in [1.82, 2.24) is 10.6 Å². The number of hydrogen-bond acceptors (Lipinski definition) is 6. The molecule has 0 fully saturated rings. The minimum absolute atomic E-state index is 0.0925. The number of rotatable bonds is 33. The van der Waals surface area contributed by atoms with E-state index in [1.807, 2.05) is 0 Å². The highest BCUT2D eigenvalue weighted by atomic mass is 16.5. The Labute approximate surface area is 248 Å². The van der Waals surface area contributed by atoms with Crippen LogP contribution in [0.5, 0.6) is 0 Å². The summed E-state index contributed by atoms with van der Waals surface area (Å²) in [4.78, 5) is 23.7. The molecular formula is C34H68N2O4. The van der Waals surface area contributed by atoms with Gasteiger partial charge in [-0.3, -0.25) is 9.59 Å². The zero-order chi connectivity index (χ0) is 29.2. The Balaban J connectivity index is 3.23. The summed E-state index contributed by atoms with van der Waals surface area (Å²) in [6, 6.07) is 0.